The van der Waals surface area contributed by atoms with E-state index >= 15 is 0 Å². The predicted molar refractivity (Wildman–Crippen MR) is 85.8 cm³/mol. The highest BCUT2D eigenvalue weighted by Crippen LogP contribution is 2.22. The summed E-state index contributed by atoms with van der Waals surface area (Å²) in [4.78, 5) is 5.74. The summed E-state index contributed by atoms with van der Waals surface area (Å²) >= 11 is 5.52. The first kappa shape index (κ1) is 15.3. The van der Waals surface area contributed by atoms with Crippen LogP contribution in [0.1, 0.15) is 39.4 Å². The SMILES string of the molecule is CCN(CC)CC(C)n1c(=S)[nH]c2c(C)nn(CC)c21. The van der Waals surface area contributed by atoms with Crippen LogP contribution in [0.3, 0.4) is 0 Å². The summed E-state index contributed by atoms with van der Waals surface area (Å²) in [7, 11) is 0. The van der Waals surface area contributed by atoms with E-state index < -0.39 is 0 Å². The first-order chi connectivity index (χ1) is 9.53. The van der Waals surface area contributed by atoms with Crippen molar-refractivity contribution in [3.8, 4) is 0 Å². The molecule has 20 heavy (non-hydrogen) atoms. The molecule has 1 N–H and O–H groups in total. The van der Waals surface area contributed by atoms with Gasteiger partial charge in [-0.2, -0.15) is 5.10 Å². The zero-order valence-corrected chi connectivity index (χ0v) is 13.9. The monoisotopic (exact) mass is 295 g/mol. The van der Waals surface area contributed by atoms with Crippen LogP contribution in [-0.2, 0) is 6.54 Å². The lowest BCUT2D eigenvalue weighted by molar-refractivity contribution is 0.261. The van der Waals surface area contributed by atoms with Crippen LogP contribution in [0.15, 0.2) is 0 Å². The Labute approximate surface area is 125 Å². The van der Waals surface area contributed by atoms with Gasteiger partial charge in [0.15, 0.2) is 10.4 Å². The fraction of sp³-hybridized carbons (Fsp3) is 0.714. The molecule has 0 spiro atoms. The molecule has 112 valence electrons. The van der Waals surface area contributed by atoms with Gasteiger partial charge in [-0.15, -0.1) is 0 Å². The zero-order chi connectivity index (χ0) is 14.9. The van der Waals surface area contributed by atoms with Crippen LogP contribution in [-0.4, -0.2) is 43.9 Å². The Hall–Kier alpha value is -1.14. The average Bonchev–Trinajstić information content (AvgIpc) is 2.92. The molecular weight excluding hydrogens is 270 g/mol. The summed E-state index contributed by atoms with van der Waals surface area (Å²) < 4.78 is 5.05. The Morgan fingerprint density at radius 3 is 2.50 bits per heavy atom. The molecule has 0 bridgehead atoms. The largest absolute Gasteiger partial charge is 0.328 e. The molecule has 5 nitrogen and oxygen atoms in total. The molecule has 2 heterocycles. The molecule has 0 saturated carbocycles. The summed E-state index contributed by atoms with van der Waals surface area (Å²) in [5, 5.41) is 4.58. The first-order valence-corrected chi connectivity index (χ1v) is 7.84. The van der Waals surface area contributed by atoms with Crippen molar-refractivity contribution in [1.82, 2.24) is 24.2 Å². The van der Waals surface area contributed by atoms with Crippen molar-refractivity contribution in [1.29, 1.82) is 0 Å². The number of likely N-dealkylation sites (N-methyl/N-ethyl adjacent to an activating group) is 1. The Bertz CT molecular complexity index is 632. The second kappa shape index (κ2) is 6.10. The summed E-state index contributed by atoms with van der Waals surface area (Å²) in [6, 6.07) is 0.331. The summed E-state index contributed by atoms with van der Waals surface area (Å²) in [6.45, 7) is 14.7. The van der Waals surface area contributed by atoms with E-state index in [1.807, 2.05) is 11.6 Å². The Balaban J connectivity index is 2.47. The molecule has 0 aliphatic rings. The Morgan fingerprint density at radius 2 is 1.95 bits per heavy atom. The molecule has 1 unspecified atom stereocenters. The summed E-state index contributed by atoms with van der Waals surface area (Å²) in [5.74, 6) is 0. The zero-order valence-electron chi connectivity index (χ0n) is 13.1. The van der Waals surface area contributed by atoms with E-state index in [0.29, 0.717) is 6.04 Å². The van der Waals surface area contributed by atoms with Crippen molar-refractivity contribution in [2.75, 3.05) is 19.6 Å². The summed E-state index contributed by atoms with van der Waals surface area (Å²) in [6.07, 6.45) is 0. The van der Waals surface area contributed by atoms with E-state index in [0.717, 1.165) is 47.8 Å². The molecule has 6 heteroatoms. The van der Waals surface area contributed by atoms with E-state index in [1.54, 1.807) is 0 Å². The number of hydrogen-bond donors (Lipinski definition) is 1. The van der Waals surface area contributed by atoms with Crippen LogP contribution in [0, 0.1) is 11.7 Å². The van der Waals surface area contributed by atoms with Crippen molar-refractivity contribution >= 4 is 23.4 Å². The van der Waals surface area contributed by atoms with Gasteiger partial charge in [0.1, 0.15) is 5.52 Å². The first-order valence-electron chi connectivity index (χ1n) is 7.43. The van der Waals surface area contributed by atoms with Gasteiger partial charge in [0.25, 0.3) is 0 Å². The molecule has 0 radical (unpaired) electrons. The van der Waals surface area contributed by atoms with Crippen LogP contribution >= 0.6 is 12.2 Å². The Morgan fingerprint density at radius 1 is 1.30 bits per heavy atom. The van der Waals surface area contributed by atoms with Crippen LogP contribution < -0.4 is 0 Å². The van der Waals surface area contributed by atoms with E-state index in [1.165, 1.54) is 0 Å². The molecule has 2 rings (SSSR count). The molecular formula is C14H25N5S. The van der Waals surface area contributed by atoms with E-state index in [-0.39, 0.29) is 0 Å². The highest BCUT2D eigenvalue weighted by Gasteiger charge is 2.18. The van der Waals surface area contributed by atoms with Crippen LogP contribution in [0.5, 0.6) is 0 Å². The molecule has 0 aliphatic heterocycles. The molecule has 2 aromatic rings. The van der Waals surface area contributed by atoms with Gasteiger partial charge >= 0.3 is 0 Å². The minimum absolute atomic E-state index is 0.331. The second-order valence-electron chi connectivity index (χ2n) is 5.23. The van der Waals surface area contributed by atoms with Crippen molar-refractivity contribution in [2.24, 2.45) is 0 Å². The van der Waals surface area contributed by atoms with Crippen molar-refractivity contribution in [3.05, 3.63) is 10.5 Å². The maximum atomic E-state index is 5.52. The van der Waals surface area contributed by atoms with Gasteiger partial charge in [0.05, 0.1) is 5.69 Å². The highest BCUT2D eigenvalue weighted by atomic mass is 32.1. The molecule has 0 aliphatic carbocycles. The molecule has 0 amide bonds. The maximum absolute atomic E-state index is 5.52. The third-order valence-corrected chi connectivity index (χ3v) is 4.24. The third-order valence-electron chi connectivity index (χ3n) is 3.94. The van der Waals surface area contributed by atoms with Crippen molar-refractivity contribution < 1.29 is 0 Å². The number of H-pyrrole nitrogens is 1. The lowest BCUT2D eigenvalue weighted by atomic mass is 10.3. The number of nitrogens with zero attached hydrogens (tertiary/aromatic N) is 4. The van der Waals surface area contributed by atoms with E-state index in [9.17, 15) is 0 Å². The predicted octanol–water partition coefficient (Wildman–Crippen LogP) is 3.13. The number of fused-ring (bicyclic) bond motifs is 1. The number of imidazole rings is 1. The normalized spacial score (nSPS) is 13.5. The quantitative estimate of drug-likeness (QED) is 0.833. The number of aryl methyl sites for hydroxylation is 2. The molecule has 0 aromatic carbocycles. The lowest BCUT2D eigenvalue weighted by Crippen LogP contribution is -2.30. The van der Waals surface area contributed by atoms with Gasteiger partial charge in [0.2, 0.25) is 0 Å². The molecule has 0 fully saturated rings. The number of nitrogens with one attached hydrogen (secondary N) is 1. The van der Waals surface area contributed by atoms with Gasteiger partial charge in [-0.1, -0.05) is 13.8 Å². The number of aromatic nitrogens is 4. The van der Waals surface area contributed by atoms with Crippen molar-refractivity contribution in [2.45, 2.75) is 47.2 Å². The smallest absolute Gasteiger partial charge is 0.179 e. The Kier molecular flexibility index (Phi) is 4.65. The van der Waals surface area contributed by atoms with Gasteiger partial charge in [-0.3, -0.25) is 4.57 Å². The van der Waals surface area contributed by atoms with Crippen LogP contribution in [0.4, 0.5) is 0 Å². The molecule has 0 saturated heterocycles. The third kappa shape index (κ3) is 2.54. The number of rotatable bonds is 6. The van der Waals surface area contributed by atoms with Gasteiger partial charge in [-0.05, 0) is 46.1 Å². The molecule has 1 atom stereocenters. The fourth-order valence-electron chi connectivity index (χ4n) is 2.79. The minimum atomic E-state index is 0.331. The molecule has 2 aromatic heterocycles. The van der Waals surface area contributed by atoms with Gasteiger partial charge < -0.3 is 9.88 Å². The van der Waals surface area contributed by atoms with E-state index in [2.05, 4.69) is 47.2 Å². The van der Waals surface area contributed by atoms with E-state index in [4.69, 9.17) is 12.2 Å². The van der Waals surface area contributed by atoms with Crippen LogP contribution in [0.2, 0.25) is 0 Å². The average molecular weight is 295 g/mol. The number of hydrogen-bond acceptors (Lipinski definition) is 3. The van der Waals surface area contributed by atoms with Gasteiger partial charge in [-0.25, -0.2) is 4.68 Å². The highest BCUT2D eigenvalue weighted by molar-refractivity contribution is 7.71. The second-order valence-corrected chi connectivity index (χ2v) is 5.62. The van der Waals surface area contributed by atoms with Crippen molar-refractivity contribution in [3.63, 3.8) is 0 Å². The maximum Gasteiger partial charge on any atom is 0.179 e. The summed E-state index contributed by atoms with van der Waals surface area (Å²) in [5.41, 5.74) is 3.21. The lowest BCUT2D eigenvalue weighted by Gasteiger charge is -2.24. The van der Waals surface area contributed by atoms with Gasteiger partial charge in [0, 0.05) is 19.1 Å². The fourth-order valence-corrected chi connectivity index (χ4v) is 3.16. The van der Waals surface area contributed by atoms with Crippen LogP contribution in [0.25, 0.3) is 11.2 Å². The number of aromatic amines is 1. The topological polar surface area (TPSA) is 41.8 Å². The minimum Gasteiger partial charge on any atom is -0.328 e. The standard InChI is InChI=1S/C14H25N5S/c1-6-17(7-2)9-10(4)19-13-12(15-14(19)20)11(5)16-18(13)8-3/h10H,6-9H2,1-5H3,(H,15,20).